The summed E-state index contributed by atoms with van der Waals surface area (Å²) in [4.78, 5) is 0. The fourth-order valence-electron chi connectivity index (χ4n) is 5.94. The van der Waals surface area contributed by atoms with Crippen LogP contribution in [0.2, 0.25) is 0 Å². The summed E-state index contributed by atoms with van der Waals surface area (Å²) in [6, 6.07) is 0. The van der Waals surface area contributed by atoms with Gasteiger partial charge < -0.3 is 0 Å². The van der Waals surface area contributed by atoms with Gasteiger partial charge in [-0.25, -0.2) is 8.78 Å². The highest BCUT2D eigenvalue weighted by Crippen LogP contribution is 2.80. The summed E-state index contributed by atoms with van der Waals surface area (Å²) in [6.07, 6.45) is 7.33. The molecule has 4 bridgehead atoms. The summed E-state index contributed by atoms with van der Waals surface area (Å²) in [5, 5.41) is 0. The molecule has 90 valence electrons. The average molecular weight is 226 g/mol. The second-order valence-corrected chi connectivity index (χ2v) is 8.03. The van der Waals surface area contributed by atoms with Crippen molar-refractivity contribution in [2.75, 3.05) is 0 Å². The highest BCUT2D eigenvalue weighted by molar-refractivity contribution is 5.20. The number of alkyl halides is 2. The van der Waals surface area contributed by atoms with Gasteiger partial charge in [-0.3, -0.25) is 0 Å². The van der Waals surface area contributed by atoms with Gasteiger partial charge in [-0.2, -0.15) is 0 Å². The van der Waals surface area contributed by atoms with E-state index in [0.717, 1.165) is 19.3 Å². The van der Waals surface area contributed by atoms with Crippen LogP contribution in [-0.2, 0) is 0 Å². The zero-order valence-electron chi connectivity index (χ0n) is 9.99. The third kappa shape index (κ3) is 0.960. The summed E-state index contributed by atoms with van der Waals surface area (Å²) in [5.74, 6) is 0. The molecule has 0 aliphatic heterocycles. The highest BCUT2D eigenvalue weighted by atomic mass is 19.3. The molecular formula is C14H20F2. The molecule has 0 saturated heterocycles. The summed E-state index contributed by atoms with van der Waals surface area (Å²) in [5.41, 5.74) is 1.25. The molecule has 0 aromatic rings. The van der Waals surface area contributed by atoms with Gasteiger partial charge in [0.25, 0.3) is 0 Å². The van der Waals surface area contributed by atoms with E-state index < -0.39 is 11.8 Å². The van der Waals surface area contributed by atoms with Crippen molar-refractivity contribution in [2.24, 2.45) is 21.7 Å². The molecule has 0 amide bonds. The Balaban J connectivity index is 1.30. The number of hydrogen-bond donors (Lipinski definition) is 0. The molecule has 6 saturated carbocycles. The van der Waals surface area contributed by atoms with Gasteiger partial charge in [-0.1, -0.05) is 6.92 Å². The molecule has 0 atom stereocenters. The summed E-state index contributed by atoms with van der Waals surface area (Å²) < 4.78 is 25.4. The molecule has 6 aliphatic rings. The molecule has 0 heterocycles. The van der Waals surface area contributed by atoms with Crippen molar-refractivity contribution in [1.29, 1.82) is 0 Å². The first-order valence-corrected chi connectivity index (χ1v) is 6.67. The lowest BCUT2D eigenvalue weighted by atomic mass is 9.31. The third-order valence-corrected chi connectivity index (χ3v) is 6.24. The topological polar surface area (TPSA) is 0 Å². The highest BCUT2D eigenvalue weighted by Gasteiger charge is 2.72. The van der Waals surface area contributed by atoms with Crippen molar-refractivity contribution in [3.63, 3.8) is 0 Å². The van der Waals surface area contributed by atoms with E-state index in [1.54, 1.807) is 0 Å². The van der Waals surface area contributed by atoms with Crippen molar-refractivity contribution < 1.29 is 8.78 Å². The van der Waals surface area contributed by atoms with E-state index in [1.807, 2.05) is 0 Å². The quantitative estimate of drug-likeness (QED) is 0.666. The minimum Gasteiger partial charge on any atom is -0.210 e. The van der Waals surface area contributed by atoms with Crippen molar-refractivity contribution in [3.8, 4) is 0 Å². The Morgan fingerprint density at radius 2 is 1.31 bits per heavy atom. The van der Waals surface area contributed by atoms with Crippen molar-refractivity contribution >= 4 is 0 Å². The van der Waals surface area contributed by atoms with E-state index in [4.69, 9.17) is 0 Å². The van der Waals surface area contributed by atoms with E-state index >= 15 is 0 Å². The number of hydrogen-bond acceptors (Lipinski definition) is 0. The van der Waals surface area contributed by atoms with Crippen molar-refractivity contribution in [2.45, 2.75) is 64.7 Å². The van der Waals surface area contributed by atoms with Gasteiger partial charge >= 0.3 is 0 Å². The molecule has 0 spiro atoms. The zero-order chi connectivity index (χ0) is 11.2. The lowest BCUT2D eigenvalue weighted by molar-refractivity contribution is -0.280. The largest absolute Gasteiger partial charge is 0.244 e. The summed E-state index contributed by atoms with van der Waals surface area (Å²) in [7, 11) is 0. The van der Waals surface area contributed by atoms with Crippen LogP contribution in [0.15, 0.2) is 0 Å². The smallest absolute Gasteiger partial charge is 0.210 e. The van der Waals surface area contributed by atoms with Gasteiger partial charge in [0.1, 0.15) is 0 Å². The Hall–Kier alpha value is -0.140. The van der Waals surface area contributed by atoms with Gasteiger partial charge in [0.2, 0.25) is 6.43 Å². The molecule has 2 heteroatoms. The van der Waals surface area contributed by atoms with E-state index in [0.29, 0.717) is 16.2 Å². The predicted molar refractivity (Wildman–Crippen MR) is 58.3 cm³/mol. The fourth-order valence-corrected chi connectivity index (χ4v) is 5.94. The van der Waals surface area contributed by atoms with Crippen LogP contribution in [0, 0.1) is 21.7 Å². The first kappa shape index (κ1) is 9.85. The third-order valence-electron chi connectivity index (χ3n) is 6.24. The molecule has 0 aromatic carbocycles. The molecule has 16 heavy (non-hydrogen) atoms. The SMILES string of the molecule is CC12CC(CCC34CC(C(F)F)(C3)C4)(C1)C2. The minimum atomic E-state index is -2.05. The lowest BCUT2D eigenvalue weighted by Crippen LogP contribution is -2.66. The minimum absolute atomic E-state index is 0.382. The van der Waals surface area contributed by atoms with Crippen LogP contribution >= 0.6 is 0 Å². The Morgan fingerprint density at radius 1 is 0.875 bits per heavy atom. The maximum absolute atomic E-state index is 12.7. The van der Waals surface area contributed by atoms with E-state index in [1.165, 1.54) is 32.1 Å². The standard InChI is InChI=1S/C14H20F2/c1-11-4-12(5-11,6-11)2-3-13-7-14(8-13,9-13)10(15)16/h10H,2-9H2,1H3. The maximum Gasteiger partial charge on any atom is 0.244 e. The van der Waals surface area contributed by atoms with E-state index in [-0.39, 0.29) is 0 Å². The molecule has 6 fully saturated rings. The molecule has 0 nitrogen and oxygen atoms in total. The normalized spacial score (nSPS) is 60.8. The monoisotopic (exact) mass is 226 g/mol. The fraction of sp³-hybridized carbons (Fsp3) is 1.00. The van der Waals surface area contributed by atoms with E-state index in [2.05, 4.69) is 6.92 Å². The molecule has 0 aromatic heterocycles. The number of rotatable bonds is 4. The Morgan fingerprint density at radius 3 is 1.69 bits per heavy atom. The van der Waals surface area contributed by atoms with Crippen LogP contribution in [0.3, 0.4) is 0 Å². The van der Waals surface area contributed by atoms with Gasteiger partial charge in [-0.05, 0) is 67.6 Å². The summed E-state index contributed by atoms with van der Waals surface area (Å²) >= 11 is 0. The molecule has 0 N–H and O–H groups in total. The van der Waals surface area contributed by atoms with Crippen LogP contribution in [-0.4, -0.2) is 6.43 Å². The van der Waals surface area contributed by atoms with Crippen LogP contribution in [0.1, 0.15) is 58.3 Å². The maximum atomic E-state index is 12.7. The lowest BCUT2D eigenvalue weighted by Gasteiger charge is -2.74. The van der Waals surface area contributed by atoms with Crippen LogP contribution in [0.25, 0.3) is 0 Å². The van der Waals surface area contributed by atoms with E-state index in [9.17, 15) is 8.78 Å². The van der Waals surface area contributed by atoms with Crippen molar-refractivity contribution in [1.82, 2.24) is 0 Å². The Bertz CT molecular complexity index is 318. The zero-order valence-corrected chi connectivity index (χ0v) is 9.99. The molecule has 0 unspecified atom stereocenters. The van der Waals surface area contributed by atoms with Gasteiger partial charge in [0.15, 0.2) is 0 Å². The van der Waals surface area contributed by atoms with Gasteiger partial charge in [-0.15, -0.1) is 0 Å². The molecule has 6 aliphatic carbocycles. The molecular weight excluding hydrogens is 206 g/mol. The van der Waals surface area contributed by atoms with Gasteiger partial charge in [0, 0.05) is 5.41 Å². The number of halogens is 2. The first-order valence-electron chi connectivity index (χ1n) is 6.67. The second-order valence-electron chi connectivity index (χ2n) is 8.03. The van der Waals surface area contributed by atoms with Crippen molar-refractivity contribution in [3.05, 3.63) is 0 Å². The summed E-state index contributed by atoms with van der Waals surface area (Å²) in [6.45, 7) is 2.39. The van der Waals surface area contributed by atoms with Crippen LogP contribution in [0.5, 0.6) is 0 Å². The Labute approximate surface area is 95.8 Å². The second kappa shape index (κ2) is 2.35. The van der Waals surface area contributed by atoms with Crippen LogP contribution in [0.4, 0.5) is 8.78 Å². The van der Waals surface area contributed by atoms with Crippen LogP contribution < -0.4 is 0 Å². The Kier molecular flexibility index (Phi) is 1.45. The predicted octanol–water partition coefficient (Wildman–Crippen LogP) is 4.39. The first-order chi connectivity index (χ1) is 7.39. The molecule has 0 radical (unpaired) electrons. The molecule has 6 rings (SSSR count). The average Bonchev–Trinajstić information content (AvgIpc) is 1.92. The van der Waals surface area contributed by atoms with Gasteiger partial charge in [0.05, 0.1) is 0 Å².